The van der Waals surface area contributed by atoms with Crippen LogP contribution in [0.2, 0.25) is 0 Å². The van der Waals surface area contributed by atoms with E-state index in [0.717, 1.165) is 10.6 Å². The number of carbonyl (C=O) groups is 2. The van der Waals surface area contributed by atoms with Gasteiger partial charge in [-0.25, -0.2) is 13.8 Å². The first-order valence-electron chi connectivity index (χ1n) is 11.7. The minimum atomic E-state index is -3.77. The zero-order valence-corrected chi connectivity index (χ0v) is 22.8. The number of carbonyl (C=O) groups excluding carboxylic acids is 2. The smallest absolute Gasteiger partial charge is 0.263 e. The zero-order chi connectivity index (χ0) is 28.4. The van der Waals surface area contributed by atoms with Crippen LogP contribution < -0.4 is 29.3 Å². The van der Waals surface area contributed by atoms with Crippen molar-refractivity contribution in [1.82, 2.24) is 5.43 Å². The van der Waals surface area contributed by atoms with E-state index in [1.54, 1.807) is 72.8 Å². The predicted octanol–water partition coefficient (Wildman–Crippen LogP) is 3.03. The number of nitrogens with one attached hydrogen (secondary N) is 2. The summed E-state index contributed by atoms with van der Waals surface area (Å²) in [6, 6.07) is 19.0. The molecule has 11 nitrogen and oxygen atoms in total. The van der Waals surface area contributed by atoms with Crippen LogP contribution in [0.25, 0.3) is 0 Å². The Bertz CT molecular complexity index is 1410. The van der Waals surface area contributed by atoms with Crippen LogP contribution in [0.15, 0.2) is 77.9 Å². The van der Waals surface area contributed by atoms with Crippen molar-refractivity contribution in [3.8, 4) is 17.2 Å². The van der Waals surface area contributed by atoms with Gasteiger partial charge in [0.15, 0.2) is 6.61 Å². The summed E-state index contributed by atoms with van der Waals surface area (Å²) in [7, 11) is -0.745. The fourth-order valence-electron chi connectivity index (χ4n) is 3.53. The van der Waals surface area contributed by atoms with Gasteiger partial charge in [-0.3, -0.25) is 13.9 Å². The van der Waals surface area contributed by atoms with Gasteiger partial charge in [0.05, 0.1) is 38.1 Å². The molecule has 0 aromatic heterocycles. The third-order valence-electron chi connectivity index (χ3n) is 5.43. The lowest BCUT2D eigenvalue weighted by Gasteiger charge is -2.27. The second-order valence-corrected chi connectivity index (χ2v) is 10.1. The second-order valence-electron chi connectivity index (χ2n) is 8.27. The van der Waals surface area contributed by atoms with Crippen molar-refractivity contribution < 1.29 is 32.2 Å². The van der Waals surface area contributed by atoms with Crippen molar-refractivity contribution in [1.29, 1.82) is 0 Å². The number of rotatable bonds is 12. The van der Waals surface area contributed by atoms with Crippen molar-refractivity contribution in [2.45, 2.75) is 13.0 Å². The molecule has 1 atom stereocenters. The van der Waals surface area contributed by atoms with E-state index in [9.17, 15) is 18.0 Å². The van der Waals surface area contributed by atoms with E-state index in [4.69, 9.17) is 14.2 Å². The summed E-state index contributed by atoms with van der Waals surface area (Å²) in [6.45, 7) is 1.26. The van der Waals surface area contributed by atoms with Gasteiger partial charge in [-0.1, -0.05) is 12.1 Å². The topological polar surface area (TPSA) is 136 Å². The highest BCUT2D eigenvalue weighted by atomic mass is 32.2. The Morgan fingerprint density at radius 3 is 2.21 bits per heavy atom. The number of nitrogens with zero attached hydrogens (tertiary/aromatic N) is 2. The van der Waals surface area contributed by atoms with E-state index in [1.165, 1.54) is 27.4 Å². The van der Waals surface area contributed by atoms with Gasteiger partial charge >= 0.3 is 0 Å². The van der Waals surface area contributed by atoms with Gasteiger partial charge in [-0.05, 0) is 73.2 Å². The maximum absolute atomic E-state index is 12.7. The summed E-state index contributed by atoms with van der Waals surface area (Å²) in [5.74, 6) is 0.596. The van der Waals surface area contributed by atoms with Crippen LogP contribution in [0.5, 0.6) is 17.2 Å². The van der Waals surface area contributed by atoms with Gasteiger partial charge in [0.25, 0.3) is 11.8 Å². The van der Waals surface area contributed by atoms with E-state index < -0.39 is 22.0 Å². The van der Waals surface area contributed by atoms with Crippen LogP contribution in [-0.4, -0.2) is 59.6 Å². The molecule has 0 radical (unpaired) electrons. The fourth-order valence-corrected chi connectivity index (χ4v) is 4.71. The Balaban J connectivity index is 1.54. The van der Waals surface area contributed by atoms with Gasteiger partial charge in [0.2, 0.25) is 10.0 Å². The Labute approximate surface area is 227 Å². The summed E-state index contributed by atoms with van der Waals surface area (Å²) >= 11 is 0. The fraction of sp³-hybridized carbons (Fsp3) is 0.222. The number of benzene rings is 3. The van der Waals surface area contributed by atoms with E-state index in [-0.39, 0.29) is 12.5 Å². The summed E-state index contributed by atoms with van der Waals surface area (Å²) in [5, 5.41) is 6.66. The van der Waals surface area contributed by atoms with Crippen molar-refractivity contribution in [3.05, 3.63) is 78.4 Å². The van der Waals surface area contributed by atoms with Crippen molar-refractivity contribution >= 4 is 39.4 Å². The first-order chi connectivity index (χ1) is 18.6. The maximum atomic E-state index is 12.7. The number of ether oxygens (including phenoxy) is 3. The summed E-state index contributed by atoms with van der Waals surface area (Å²) < 4.78 is 41.7. The van der Waals surface area contributed by atoms with E-state index in [0.29, 0.717) is 34.2 Å². The average Bonchev–Trinajstić information content (AvgIpc) is 2.92. The number of hydrogen-bond acceptors (Lipinski definition) is 8. The molecule has 3 aromatic carbocycles. The molecule has 0 bridgehead atoms. The van der Waals surface area contributed by atoms with Crippen molar-refractivity contribution in [2.75, 3.05) is 36.7 Å². The van der Waals surface area contributed by atoms with Crippen molar-refractivity contribution in [2.24, 2.45) is 5.10 Å². The summed E-state index contributed by atoms with van der Waals surface area (Å²) in [6.07, 6.45) is 2.43. The number of sulfonamides is 1. The molecule has 0 heterocycles. The first-order valence-corrected chi connectivity index (χ1v) is 13.6. The second kappa shape index (κ2) is 13.3. The van der Waals surface area contributed by atoms with Gasteiger partial charge in [0, 0.05) is 0 Å². The molecule has 2 N–H and O–H groups in total. The highest BCUT2D eigenvalue weighted by Gasteiger charge is 2.29. The van der Waals surface area contributed by atoms with E-state index in [1.807, 2.05) is 0 Å². The normalized spacial score (nSPS) is 11.9. The molecular weight excluding hydrogens is 524 g/mol. The predicted molar refractivity (Wildman–Crippen MR) is 149 cm³/mol. The third-order valence-corrected chi connectivity index (χ3v) is 6.68. The lowest BCUT2D eigenvalue weighted by Crippen LogP contribution is -2.46. The number of hydrazone groups is 1. The Kier molecular flexibility index (Phi) is 9.87. The van der Waals surface area contributed by atoms with Crippen LogP contribution in [0.1, 0.15) is 12.5 Å². The number of methoxy groups -OCH3 is 2. The van der Waals surface area contributed by atoms with Crippen LogP contribution in [0.4, 0.5) is 11.4 Å². The number of para-hydroxylation sites is 2. The molecule has 2 amide bonds. The molecule has 0 saturated carbocycles. The van der Waals surface area contributed by atoms with Crippen LogP contribution in [0, 0.1) is 0 Å². The molecule has 3 aromatic rings. The Hall–Kier alpha value is -4.58. The standard InChI is InChI=1S/C27H30N4O7S/c1-19(31(39(4,34)35)21-11-15-22(36-2)16-12-21)27(33)30-28-17-20-9-13-23(14-10-20)38-18-26(32)29-24-7-5-6-8-25(24)37-3/h5-17,19H,18H2,1-4H3,(H,29,32)(H,30,33)/b28-17-/t19-/m0/s1. The third kappa shape index (κ3) is 8.20. The molecule has 0 aliphatic rings. The van der Waals surface area contributed by atoms with Crippen LogP contribution in [0.3, 0.4) is 0 Å². The molecule has 0 spiro atoms. The molecule has 0 unspecified atom stereocenters. The molecule has 12 heteroatoms. The van der Waals surface area contributed by atoms with Crippen molar-refractivity contribution in [3.63, 3.8) is 0 Å². The lowest BCUT2D eigenvalue weighted by atomic mass is 10.2. The SMILES string of the molecule is COc1ccc(N([C@@H](C)C(=O)N/N=C\c2ccc(OCC(=O)Nc3ccccc3OC)cc2)S(C)(=O)=O)cc1. The molecule has 3 rings (SSSR count). The van der Waals surface area contributed by atoms with Gasteiger partial charge < -0.3 is 19.5 Å². The van der Waals surface area contributed by atoms with E-state index >= 15 is 0 Å². The van der Waals surface area contributed by atoms with Crippen LogP contribution >= 0.6 is 0 Å². The number of anilines is 2. The van der Waals surface area contributed by atoms with Gasteiger partial charge in [-0.2, -0.15) is 5.10 Å². The molecule has 0 aliphatic heterocycles. The highest BCUT2D eigenvalue weighted by molar-refractivity contribution is 7.92. The summed E-state index contributed by atoms with van der Waals surface area (Å²) in [5.41, 5.74) is 3.87. The van der Waals surface area contributed by atoms with Gasteiger partial charge in [0.1, 0.15) is 23.3 Å². The quantitative estimate of drug-likeness (QED) is 0.259. The molecular formula is C27H30N4O7S. The van der Waals surface area contributed by atoms with Gasteiger partial charge in [-0.15, -0.1) is 0 Å². The molecule has 39 heavy (non-hydrogen) atoms. The first kappa shape index (κ1) is 29.0. The monoisotopic (exact) mass is 554 g/mol. The molecule has 206 valence electrons. The maximum Gasteiger partial charge on any atom is 0.263 e. The zero-order valence-electron chi connectivity index (χ0n) is 22.0. The number of amides is 2. The largest absolute Gasteiger partial charge is 0.497 e. The molecule has 0 fully saturated rings. The summed E-state index contributed by atoms with van der Waals surface area (Å²) in [4.78, 5) is 24.9. The average molecular weight is 555 g/mol. The molecule has 0 aliphatic carbocycles. The lowest BCUT2D eigenvalue weighted by molar-refractivity contribution is -0.121. The number of hydrogen-bond donors (Lipinski definition) is 2. The molecule has 0 saturated heterocycles. The Morgan fingerprint density at radius 2 is 1.59 bits per heavy atom. The van der Waals surface area contributed by atoms with E-state index in [2.05, 4.69) is 15.8 Å². The minimum Gasteiger partial charge on any atom is -0.497 e. The van der Waals surface area contributed by atoms with Crippen LogP contribution in [-0.2, 0) is 19.6 Å². The highest BCUT2D eigenvalue weighted by Crippen LogP contribution is 2.24. The minimum absolute atomic E-state index is 0.204. The Morgan fingerprint density at radius 1 is 0.949 bits per heavy atom.